The van der Waals surface area contributed by atoms with Gasteiger partial charge >= 0.3 is 0 Å². The van der Waals surface area contributed by atoms with E-state index in [4.69, 9.17) is 9.05 Å². The van der Waals surface area contributed by atoms with Crippen molar-refractivity contribution >= 4 is 12.8 Å². The van der Waals surface area contributed by atoms with Crippen molar-refractivity contribution in [2.24, 2.45) is 0 Å². The van der Waals surface area contributed by atoms with Crippen LogP contribution in [0.25, 0.3) is 0 Å². The number of rotatable bonds is 0. The van der Waals surface area contributed by atoms with Crippen molar-refractivity contribution in [3.05, 3.63) is 6.58 Å². The summed E-state index contributed by atoms with van der Waals surface area (Å²) < 4.78 is 10.7. The molecule has 0 aromatic rings. The van der Waals surface area contributed by atoms with Crippen molar-refractivity contribution in [2.75, 3.05) is 19.9 Å². The molecule has 54 valence electrons. The van der Waals surface area contributed by atoms with Gasteiger partial charge in [0.25, 0.3) is 0 Å². The molecule has 0 spiro atoms. The minimum Gasteiger partial charge on any atom is -0.332 e. The van der Waals surface area contributed by atoms with Gasteiger partial charge in [0, 0.05) is 8.09 Å². The molecule has 0 aliphatic carbocycles. The SMILES string of the molecule is C=C=P1(C)OCCCO1.[HH]. The molecule has 0 atom stereocenters. The third-order valence-electron chi connectivity index (χ3n) is 1.25. The molecule has 0 aromatic carbocycles. The van der Waals surface area contributed by atoms with Gasteiger partial charge in [-0.05, 0) is 6.42 Å². The number of hydrogen-bond acceptors (Lipinski definition) is 2. The number of hydrogen-bond donors (Lipinski definition) is 0. The quantitative estimate of drug-likeness (QED) is 0.487. The summed E-state index contributed by atoms with van der Waals surface area (Å²) in [6.07, 6.45) is 0.997. The van der Waals surface area contributed by atoms with E-state index < -0.39 is 7.34 Å². The molecule has 0 aromatic heterocycles. The largest absolute Gasteiger partial charge is 0.332 e. The Balaban J connectivity index is 0.000000810. The summed E-state index contributed by atoms with van der Waals surface area (Å²) in [6.45, 7) is 7.06. The van der Waals surface area contributed by atoms with E-state index in [1.165, 1.54) is 0 Å². The zero-order valence-corrected chi connectivity index (χ0v) is 6.49. The molecule has 0 saturated carbocycles. The molecule has 0 unspecified atom stereocenters. The molecule has 1 aliphatic rings. The van der Waals surface area contributed by atoms with Gasteiger partial charge in [-0.2, -0.15) is 0 Å². The molecule has 0 radical (unpaired) electrons. The van der Waals surface area contributed by atoms with Crippen LogP contribution in [0.3, 0.4) is 0 Å². The molecule has 1 heterocycles. The molecule has 0 bridgehead atoms. The highest BCUT2D eigenvalue weighted by Gasteiger charge is 2.14. The Bertz CT molecular complexity index is 165. The standard InChI is InChI=1S/C6H11O2P.H2/c1-3-9(2)7-5-4-6-8-9;/h1,4-6H2,2H3;1H. The van der Waals surface area contributed by atoms with Gasteiger partial charge < -0.3 is 9.05 Å². The lowest BCUT2D eigenvalue weighted by Gasteiger charge is -2.23. The smallest absolute Gasteiger partial charge is 0.163 e. The van der Waals surface area contributed by atoms with E-state index in [1.54, 1.807) is 0 Å². The van der Waals surface area contributed by atoms with E-state index in [-0.39, 0.29) is 1.43 Å². The lowest BCUT2D eigenvalue weighted by molar-refractivity contribution is 0.181. The highest BCUT2D eigenvalue weighted by molar-refractivity contribution is 7.64. The van der Waals surface area contributed by atoms with Crippen molar-refractivity contribution in [1.29, 1.82) is 0 Å². The topological polar surface area (TPSA) is 18.5 Å². The molecule has 1 aliphatic heterocycles. The Labute approximate surface area is 57.1 Å². The Morgan fingerprint density at radius 2 is 2.11 bits per heavy atom. The van der Waals surface area contributed by atoms with Crippen LogP contribution in [0.1, 0.15) is 7.85 Å². The summed E-state index contributed by atoms with van der Waals surface area (Å²) in [5, 5.41) is 0. The predicted octanol–water partition coefficient (Wildman–Crippen LogP) is 1.73. The highest BCUT2D eigenvalue weighted by Crippen LogP contribution is 2.46. The average Bonchev–Trinajstić information content (AvgIpc) is 1.90. The second kappa shape index (κ2) is 2.72. The minimum absolute atomic E-state index is 0. The molecule has 9 heavy (non-hydrogen) atoms. The second-order valence-corrected chi connectivity index (χ2v) is 4.55. The van der Waals surface area contributed by atoms with Gasteiger partial charge in [0.1, 0.15) is 0 Å². The molecule has 1 fully saturated rings. The van der Waals surface area contributed by atoms with Crippen LogP contribution in [0.15, 0.2) is 6.58 Å². The predicted molar refractivity (Wildman–Crippen MR) is 42.1 cm³/mol. The lowest BCUT2D eigenvalue weighted by Crippen LogP contribution is -2.07. The fraction of sp³-hybridized carbons (Fsp3) is 0.667. The summed E-state index contributed by atoms with van der Waals surface area (Å²) in [5.41, 5.74) is 2.80. The Morgan fingerprint density at radius 1 is 1.56 bits per heavy atom. The first-order valence-electron chi connectivity index (χ1n) is 2.97. The molecule has 3 heteroatoms. The molecule has 0 N–H and O–H groups in total. The fourth-order valence-corrected chi connectivity index (χ4v) is 1.88. The zero-order chi connectivity index (χ0) is 6.74. The van der Waals surface area contributed by atoms with Crippen LogP contribution in [0, 0.1) is 0 Å². The molecule has 1 saturated heterocycles. The van der Waals surface area contributed by atoms with Crippen LogP contribution in [0.2, 0.25) is 0 Å². The normalized spacial score (nSPS) is 25.0. The lowest BCUT2D eigenvalue weighted by atomic mass is 10.5. The van der Waals surface area contributed by atoms with E-state index in [0.29, 0.717) is 0 Å². The summed E-state index contributed by atoms with van der Waals surface area (Å²) in [5.74, 6) is 0. The highest BCUT2D eigenvalue weighted by atomic mass is 31.2. The molecular weight excluding hydrogens is 135 g/mol. The average molecular weight is 148 g/mol. The van der Waals surface area contributed by atoms with Crippen molar-refractivity contribution < 1.29 is 10.5 Å². The Kier molecular flexibility index (Phi) is 2.15. The van der Waals surface area contributed by atoms with Gasteiger partial charge in [0.15, 0.2) is 7.34 Å². The van der Waals surface area contributed by atoms with Gasteiger partial charge in [0.2, 0.25) is 0 Å². The van der Waals surface area contributed by atoms with Gasteiger partial charge in [0.05, 0.1) is 13.2 Å². The van der Waals surface area contributed by atoms with Crippen LogP contribution in [-0.2, 0) is 9.05 Å². The summed E-state index contributed by atoms with van der Waals surface area (Å²) in [7, 11) is -1.71. The van der Waals surface area contributed by atoms with E-state index in [2.05, 4.69) is 12.0 Å². The van der Waals surface area contributed by atoms with Crippen molar-refractivity contribution in [3.8, 4) is 0 Å². The summed E-state index contributed by atoms with van der Waals surface area (Å²) >= 11 is 0. The molecular formula is C6H13O2P. The van der Waals surface area contributed by atoms with Crippen LogP contribution in [0.4, 0.5) is 0 Å². The van der Waals surface area contributed by atoms with Crippen molar-refractivity contribution in [3.63, 3.8) is 0 Å². The van der Waals surface area contributed by atoms with E-state index in [9.17, 15) is 0 Å². The van der Waals surface area contributed by atoms with Crippen molar-refractivity contribution in [2.45, 2.75) is 6.42 Å². The first-order valence-corrected chi connectivity index (χ1v) is 5.04. The maximum Gasteiger partial charge on any atom is 0.163 e. The van der Waals surface area contributed by atoms with Gasteiger partial charge in [-0.15, -0.1) is 0 Å². The maximum absolute atomic E-state index is 5.33. The third kappa shape index (κ3) is 1.70. The van der Waals surface area contributed by atoms with E-state index in [1.807, 2.05) is 6.66 Å². The molecule has 2 nitrogen and oxygen atoms in total. The second-order valence-electron chi connectivity index (χ2n) is 2.02. The fourth-order valence-electron chi connectivity index (χ4n) is 0.665. The summed E-state index contributed by atoms with van der Waals surface area (Å²) in [4.78, 5) is 0. The Hall–Kier alpha value is 0.0000000000000000139. The van der Waals surface area contributed by atoms with Gasteiger partial charge in [-0.3, -0.25) is 0 Å². The first kappa shape index (κ1) is 7.11. The summed E-state index contributed by atoms with van der Waals surface area (Å²) in [6, 6.07) is 0. The third-order valence-corrected chi connectivity index (χ3v) is 3.18. The van der Waals surface area contributed by atoms with Crippen LogP contribution < -0.4 is 0 Å². The zero-order valence-electron chi connectivity index (χ0n) is 5.59. The van der Waals surface area contributed by atoms with Crippen molar-refractivity contribution in [1.82, 2.24) is 0 Å². The first-order chi connectivity index (χ1) is 4.27. The monoisotopic (exact) mass is 148 g/mol. The van der Waals surface area contributed by atoms with Crippen LogP contribution in [0.5, 0.6) is 0 Å². The molecule has 0 amide bonds. The minimum atomic E-state index is -1.71. The maximum atomic E-state index is 5.33. The van der Waals surface area contributed by atoms with Crippen LogP contribution in [-0.4, -0.2) is 25.3 Å². The Morgan fingerprint density at radius 3 is 2.44 bits per heavy atom. The molecule has 1 rings (SSSR count). The van der Waals surface area contributed by atoms with Gasteiger partial charge in [-0.25, -0.2) is 0 Å². The van der Waals surface area contributed by atoms with E-state index >= 15 is 0 Å². The van der Waals surface area contributed by atoms with E-state index in [0.717, 1.165) is 19.6 Å². The van der Waals surface area contributed by atoms with Gasteiger partial charge in [-0.1, -0.05) is 12.0 Å². The van der Waals surface area contributed by atoms with Crippen LogP contribution >= 0.6 is 7.34 Å².